The van der Waals surface area contributed by atoms with Crippen molar-refractivity contribution < 1.29 is 14.5 Å². The first kappa shape index (κ1) is 16.9. The summed E-state index contributed by atoms with van der Waals surface area (Å²) in [7, 11) is 0. The predicted octanol–water partition coefficient (Wildman–Crippen LogP) is 4.27. The van der Waals surface area contributed by atoms with Crippen molar-refractivity contribution >= 4 is 51.1 Å². The maximum Gasteiger partial charge on any atom is 0.277 e. The van der Waals surface area contributed by atoms with Crippen LogP contribution in [0.4, 0.5) is 11.4 Å². The van der Waals surface area contributed by atoms with Crippen molar-refractivity contribution in [2.45, 2.75) is 0 Å². The van der Waals surface area contributed by atoms with Gasteiger partial charge in [0.1, 0.15) is 5.03 Å². The third kappa shape index (κ3) is 2.67. The van der Waals surface area contributed by atoms with Gasteiger partial charge in [0.2, 0.25) is 0 Å². The molecule has 0 atom stereocenters. The van der Waals surface area contributed by atoms with Crippen LogP contribution >= 0.6 is 11.6 Å². The molecule has 0 radical (unpaired) electrons. The van der Waals surface area contributed by atoms with Gasteiger partial charge in [-0.25, -0.2) is 4.90 Å². The molecule has 0 aromatic heterocycles. The monoisotopic (exact) mass is 378 g/mol. The van der Waals surface area contributed by atoms with Gasteiger partial charge in [0.25, 0.3) is 17.5 Å². The van der Waals surface area contributed by atoms with Crippen molar-refractivity contribution in [3.8, 4) is 0 Å². The molecular weight excluding hydrogens is 368 g/mol. The summed E-state index contributed by atoms with van der Waals surface area (Å²) >= 11 is 6.19. The van der Waals surface area contributed by atoms with Crippen molar-refractivity contribution in [2.75, 3.05) is 4.90 Å². The average Bonchev–Trinajstić information content (AvgIpc) is 2.90. The predicted molar refractivity (Wildman–Crippen MR) is 102 cm³/mol. The number of carbonyl (C=O) groups excluding carboxylic acids is 2. The third-order valence-corrected chi connectivity index (χ3v) is 4.75. The van der Waals surface area contributed by atoms with E-state index in [0.717, 1.165) is 15.7 Å². The van der Waals surface area contributed by atoms with Gasteiger partial charge in [0.15, 0.2) is 0 Å². The number of hydrogen-bond acceptors (Lipinski definition) is 4. The highest BCUT2D eigenvalue weighted by molar-refractivity contribution is 6.60. The highest BCUT2D eigenvalue weighted by atomic mass is 35.5. The Kier molecular flexibility index (Phi) is 3.97. The summed E-state index contributed by atoms with van der Waals surface area (Å²) in [5, 5.41) is 12.2. The van der Waals surface area contributed by atoms with E-state index in [2.05, 4.69) is 0 Å². The minimum absolute atomic E-state index is 0.0319. The van der Waals surface area contributed by atoms with E-state index in [1.165, 1.54) is 24.3 Å². The van der Waals surface area contributed by atoms with E-state index >= 15 is 0 Å². The molecule has 0 spiro atoms. The van der Waals surface area contributed by atoms with E-state index in [4.69, 9.17) is 11.6 Å². The lowest BCUT2D eigenvalue weighted by Crippen LogP contribution is -2.31. The maximum absolute atomic E-state index is 13.0. The second-order valence-electron chi connectivity index (χ2n) is 5.94. The van der Waals surface area contributed by atoms with Crippen LogP contribution in [0, 0.1) is 10.1 Å². The van der Waals surface area contributed by atoms with Crippen molar-refractivity contribution in [3.63, 3.8) is 0 Å². The molecule has 0 saturated heterocycles. The van der Waals surface area contributed by atoms with Gasteiger partial charge in [-0.15, -0.1) is 0 Å². The molecule has 0 bridgehead atoms. The van der Waals surface area contributed by atoms with Gasteiger partial charge in [0.05, 0.1) is 16.2 Å². The number of fused-ring (bicyclic) bond motifs is 1. The minimum atomic E-state index is -0.619. The van der Waals surface area contributed by atoms with Gasteiger partial charge in [-0.05, 0) is 29.1 Å². The number of amides is 2. The quantitative estimate of drug-likeness (QED) is 0.387. The lowest BCUT2D eigenvalue weighted by Gasteiger charge is -2.17. The maximum atomic E-state index is 13.0. The van der Waals surface area contributed by atoms with Crippen LogP contribution in [0.15, 0.2) is 71.8 Å². The first-order valence-electron chi connectivity index (χ1n) is 8.00. The molecule has 0 aliphatic carbocycles. The van der Waals surface area contributed by atoms with Crippen LogP contribution in [0.3, 0.4) is 0 Å². The molecule has 1 aliphatic heterocycles. The number of nitro groups is 1. The summed E-state index contributed by atoms with van der Waals surface area (Å²) < 4.78 is 0. The van der Waals surface area contributed by atoms with E-state index in [9.17, 15) is 19.7 Å². The topological polar surface area (TPSA) is 80.5 Å². The lowest BCUT2D eigenvalue weighted by molar-refractivity contribution is -0.384. The fraction of sp³-hybridized carbons (Fsp3) is 0. The normalized spacial score (nSPS) is 14.3. The van der Waals surface area contributed by atoms with E-state index in [1.54, 1.807) is 12.1 Å². The molecule has 1 heterocycles. The number of imide groups is 1. The molecule has 3 aromatic carbocycles. The zero-order valence-corrected chi connectivity index (χ0v) is 14.5. The van der Waals surface area contributed by atoms with Crippen molar-refractivity contribution in [1.82, 2.24) is 0 Å². The fourth-order valence-corrected chi connectivity index (χ4v) is 3.40. The number of carbonyl (C=O) groups is 2. The Hall–Kier alpha value is -3.51. The number of rotatable bonds is 3. The van der Waals surface area contributed by atoms with Crippen LogP contribution in [-0.2, 0) is 9.59 Å². The first-order chi connectivity index (χ1) is 13.0. The molecule has 6 nitrogen and oxygen atoms in total. The number of benzene rings is 3. The molecule has 1 aliphatic rings. The van der Waals surface area contributed by atoms with Gasteiger partial charge >= 0.3 is 0 Å². The van der Waals surface area contributed by atoms with Crippen LogP contribution in [0.1, 0.15) is 5.56 Å². The Morgan fingerprint density at radius 2 is 1.52 bits per heavy atom. The second-order valence-corrected chi connectivity index (χ2v) is 6.31. The van der Waals surface area contributed by atoms with Gasteiger partial charge < -0.3 is 0 Å². The number of non-ortho nitro benzene ring substituents is 1. The number of nitrogens with zero attached hydrogens (tertiary/aromatic N) is 2. The van der Waals surface area contributed by atoms with Crippen molar-refractivity contribution in [2.24, 2.45) is 0 Å². The summed E-state index contributed by atoms with van der Waals surface area (Å²) in [6.07, 6.45) is 0. The molecule has 0 unspecified atom stereocenters. The average molecular weight is 379 g/mol. The summed E-state index contributed by atoms with van der Waals surface area (Å²) in [6, 6.07) is 18.1. The van der Waals surface area contributed by atoms with Crippen LogP contribution in [-0.4, -0.2) is 16.7 Å². The van der Waals surface area contributed by atoms with Crippen LogP contribution in [0.25, 0.3) is 16.3 Å². The summed E-state index contributed by atoms with van der Waals surface area (Å²) in [6.45, 7) is 0. The SMILES string of the molecule is O=C1C(Cl)=C(c2ccc([N+](=O)[O-])cc2)C(=O)N1c1cccc2ccccc12. The Morgan fingerprint density at radius 1 is 0.852 bits per heavy atom. The molecule has 2 amide bonds. The molecular formula is C20H11ClN2O4. The van der Waals surface area contributed by atoms with Gasteiger partial charge in [-0.2, -0.15) is 0 Å². The Balaban J connectivity index is 1.80. The number of hydrogen-bond donors (Lipinski definition) is 0. The molecule has 27 heavy (non-hydrogen) atoms. The van der Waals surface area contributed by atoms with E-state index in [-0.39, 0.29) is 16.3 Å². The largest absolute Gasteiger partial charge is 0.277 e. The highest BCUT2D eigenvalue weighted by Gasteiger charge is 2.39. The second kappa shape index (κ2) is 6.34. The van der Waals surface area contributed by atoms with Gasteiger partial charge in [0, 0.05) is 17.5 Å². The molecule has 0 saturated carbocycles. The number of halogens is 1. The molecule has 132 valence electrons. The summed E-state index contributed by atoms with van der Waals surface area (Å²) in [5.74, 6) is -1.18. The first-order valence-corrected chi connectivity index (χ1v) is 8.38. The molecule has 0 fully saturated rings. The smallest absolute Gasteiger partial charge is 0.268 e. The zero-order valence-electron chi connectivity index (χ0n) is 13.8. The fourth-order valence-electron chi connectivity index (χ4n) is 3.13. The Labute approximate surface area is 158 Å². The standard InChI is InChI=1S/C20H11ClN2O4/c21-18-17(13-8-10-14(11-9-13)23(26)27)19(24)22(20(18)25)16-7-3-5-12-4-1-2-6-15(12)16/h1-11H. The number of nitro benzene ring substituents is 1. The zero-order chi connectivity index (χ0) is 19.1. The lowest BCUT2D eigenvalue weighted by atomic mass is 10.1. The van der Waals surface area contributed by atoms with Crippen molar-refractivity contribution in [1.29, 1.82) is 0 Å². The molecule has 3 aromatic rings. The van der Waals surface area contributed by atoms with E-state index in [0.29, 0.717) is 11.3 Å². The number of anilines is 1. The van der Waals surface area contributed by atoms with E-state index < -0.39 is 16.7 Å². The highest BCUT2D eigenvalue weighted by Crippen LogP contribution is 2.37. The molecule has 4 rings (SSSR count). The van der Waals surface area contributed by atoms with Crippen LogP contribution in [0.5, 0.6) is 0 Å². The Bertz CT molecular complexity index is 1150. The molecule has 0 N–H and O–H groups in total. The van der Waals surface area contributed by atoms with Gasteiger partial charge in [-0.3, -0.25) is 19.7 Å². The van der Waals surface area contributed by atoms with Crippen LogP contribution in [0.2, 0.25) is 0 Å². The summed E-state index contributed by atoms with van der Waals surface area (Å²) in [5.41, 5.74) is 0.715. The Morgan fingerprint density at radius 3 is 2.22 bits per heavy atom. The van der Waals surface area contributed by atoms with Gasteiger partial charge in [-0.1, -0.05) is 48.0 Å². The van der Waals surface area contributed by atoms with E-state index in [1.807, 2.05) is 30.3 Å². The minimum Gasteiger partial charge on any atom is -0.268 e. The molecule has 7 heteroatoms. The third-order valence-electron chi connectivity index (χ3n) is 4.40. The van der Waals surface area contributed by atoms with Crippen LogP contribution < -0.4 is 4.90 Å². The summed E-state index contributed by atoms with van der Waals surface area (Å²) in [4.78, 5) is 37.1. The van der Waals surface area contributed by atoms with Crippen molar-refractivity contribution in [3.05, 3.63) is 87.4 Å².